The zero-order valence-electron chi connectivity index (χ0n) is 15.8. The molecule has 0 unspecified atom stereocenters. The summed E-state index contributed by atoms with van der Waals surface area (Å²) in [7, 11) is 0. The highest BCUT2D eigenvalue weighted by Gasteiger charge is 2.17. The number of anilines is 2. The molecule has 0 aliphatic carbocycles. The second kappa shape index (κ2) is 8.40. The number of ether oxygens (including phenoxy) is 1. The number of nitrogens with one attached hydrogen (secondary N) is 2. The number of benzene rings is 2. The molecular formula is C22H21N3O3. The van der Waals surface area contributed by atoms with Crippen molar-refractivity contribution in [3.8, 4) is 11.8 Å². The molecule has 6 nitrogen and oxygen atoms in total. The van der Waals surface area contributed by atoms with Gasteiger partial charge in [-0.05, 0) is 47.7 Å². The fraction of sp³-hybridized carbons (Fsp3) is 0.227. The quantitative estimate of drug-likeness (QED) is 0.616. The van der Waals surface area contributed by atoms with Crippen molar-refractivity contribution >= 4 is 29.3 Å². The number of aryl methyl sites for hydroxylation is 2. The van der Waals surface area contributed by atoms with Gasteiger partial charge in [0.15, 0.2) is 6.61 Å². The number of carbonyl (C=O) groups is 2. The van der Waals surface area contributed by atoms with Gasteiger partial charge >= 0.3 is 0 Å². The van der Waals surface area contributed by atoms with Crippen LogP contribution in [0.5, 0.6) is 5.75 Å². The Hall–Kier alpha value is -3.59. The molecule has 2 aromatic carbocycles. The molecule has 0 fully saturated rings. The topological polar surface area (TPSA) is 91.2 Å². The van der Waals surface area contributed by atoms with Crippen LogP contribution in [0.15, 0.2) is 42.0 Å². The summed E-state index contributed by atoms with van der Waals surface area (Å²) in [5.74, 6) is -0.143. The number of nitriles is 1. The number of amides is 2. The van der Waals surface area contributed by atoms with Crippen LogP contribution in [0.25, 0.3) is 6.08 Å². The average Bonchev–Trinajstić information content (AvgIpc) is 2.71. The molecule has 0 spiro atoms. The van der Waals surface area contributed by atoms with Crippen LogP contribution in [-0.2, 0) is 22.4 Å². The molecule has 1 aliphatic rings. The minimum Gasteiger partial charge on any atom is -0.482 e. The molecule has 0 aromatic heterocycles. The predicted octanol–water partition coefficient (Wildman–Crippen LogP) is 3.69. The molecule has 0 bridgehead atoms. The Bertz CT molecular complexity index is 980. The molecule has 0 saturated heterocycles. The Morgan fingerprint density at radius 3 is 2.61 bits per heavy atom. The lowest BCUT2D eigenvalue weighted by Crippen LogP contribution is -2.25. The molecule has 142 valence electrons. The molecule has 0 atom stereocenters. The van der Waals surface area contributed by atoms with Gasteiger partial charge in [0, 0.05) is 5.69 Å². The number of para-hydroxylation sites is 1. The molecule has 2 aromatic rings. The third-order valence-corrected chi connectivity index (χ3v) is 4.55. The summed E-state index contributed by atoms with van der Waals surface area (Å²) in [6.07, 6.45) is 3.05. The van der Waals surface area contributed by atoms with E-state index in [0.29, 0.717) is 17.0 Å². The minimum absolute atomic E-state index is 0.0176. The van der Waals surface area contributed by atoms with Gasteiger partial charge in [-0.1, -0.05) is 38.1 Å². The molecule has 6 heteroatoms. The maximum absolute atomic E-state index is 12.7. The third-order valence-electron chi connectivity index (χ3n) is 4.55. The molecule has 3 rings (SSSR count). The standard InChI is InChI=1S/C22H21N3O3/c1-3-15-6-5-7-16(4-2)21(15)25-22(27)17(12-23)10-14-8-9-19-18(11-14)24-20(26)13-28-19/h5-11H,3-4,13H2,1-2H3,(H,24,26)(H,25,27)/b17-10-. The highest BCUT2D eigenvalue weighted by atomic mass is 16.5. The van der Waals surface area contributed by atoms with E-state index in [0.717, 1.165) is 29.7 Å². The highest BCUT2D eigenvalue weighted by Crippen LogP contribution is 2.29. The molecule has 0 saturated carbocycles. The van der Waals surface area contributed by atoms with Gasteiger partial charge in [0.2, 0.25) is 0 Å². The van der Waals surface area contributed by atoms with Gasteiger partial charge in [0.1, 0.15) is 17.4 Å². The van der Waals surface area contributed by atoms with Gasteiger partial charge in [-0.15, -0.1) is 0 Å². The van der Waals surface area contributed by atoms with Gasteiger partial charge in [0.25, 0.3) is 11.8 Å². The third kappa shape index (κ3) is 4.04. The summed E-state index contributed by atoms with van der Waals surface area (Å²) in [6, 6.07) is 13.0. The van der Waals surface area contributed by atoms with Crippen molar-refractivity contribution in [2.75, 3.05) is 17.2 Å². The van der Waals surface area contributed by atoms with Crippen molar-refractivity contribution in [3.05, 3.63) is 58.7 Å². The van der Waals surface area contributed by atoms with Crippen molar-refractivity contribution in [1.29, 1.82) is 5.26 Å². The van der Waals surface area contributed by atoms with Crippen LogP contribution >= 0.6 is 0 Å². The van der Waals surface area contributed by atoms with Crippen LogP contribution in [0.1, 0.15) is 30.5 Å². The first-order valence-corrected chi connectivity index (χ1v) is 9.16. The zero-order valence-corrected chi connectivity index (χ0v) is 15.8. The Labute approximate surface area is 163 Å². The van der Waals surface area contributed by atoms with E-state index in [1.165, 1.54) is 6.08 Å². The summed E-state index contributed by atoms with van der Waals surface area (Å²) in [4.78, 5) is 24.2. The molecule has 0 radical (unpaired) electrons. The van der Waals surface area contributed by atoms with Crippen LogP contribution in [0.3, 0.4) is 0 Å². The highest BCUT2D eigenvalue weighted by molar-refractivity contribution is 6.10. The maximum atomic E-state index is 12.7. The van der Waals surface area contributed by atoms with E-state index in [4.69, 9.17) is 4.74 Å². The van der Waals surface area contributed by atoms with Gasteiger partial charge in [-0.2, -0.15) is 5.26 Å². The summed E-state index contributed by atoms with van der Waals surface area (Å²) < 4.78 is 5.32. The Morgan fingerprint density at radius 1 is 1.25 bits per heavy atom. The molecule has 28 heavy (non-hydrogen) atoms. The number of nitrogens with zero attached hydrogens (tertiary/aromatic N) is 1. The first-order chi connectivity index (χ1) is 13.5. The van der Waals surface area contributed by atoms with Crippen LogP contribution in [0.4, 0.5) is 11.4 Å². The van der Waals surface area contributed by atoms with Crippen LogP contribution in [0, 0.1) is 11.3 Å². The summed E-state index contributed by atoms with van der Waals surface area (Å²) >= 11 is 0. The SMILES string of the molecule is CCc1cccc(CC)c1NC(=O)/C(C#N)=C\c1ccc2c(c1)NC(=O)CO2. The zero-order chi connectivity index (χ0) is 20.1. The molecule has 1 aliphatic heterocycles. The summed E-state index contributed by atoms with van der Waals surface area (Å²) in [5.41, 5.74) is 3.95. The lowest BCUT2D eigenvalue weighted by Gasteiger charge is -2.18. The van der Waals surface area contributed by atoms with Crippen LogP contribution in [0.2, 0.25) is 0 Å². The van der Waals surface area contributed by atoms with Crippen molar-refractivity contribution in [2.24, 2.45) is 0 Å². The van der Waals surface area contributed by atoms with E-state index in [1.54, 1.807) is 18.2 Å². The fourth-order valence-corrected chi connectivity index (χ4v) is 3.09. The van der Waals surface area contributed by atoms with E-state index >= 15 is 0 Å². The van der Waals surface area contributed by atoms with E-state index in [1.807, 2.05) is 38.1 Å². The lowest BCUT2D eigenvalue weighted by atomic mass is 10.0. The Balaban J connectivity index is 1.88. The maximum Gasteiger partial charge on any atom is 0.266 e. The predicted molar refractivity (Wildman–Crippen MR) is 108 cm³/mol. The van der Waals surface area contributed by atoms with Crippen LogP contribution < -0.4 is 15.4 Å². The van der Waals surface area contributed by atoms with Crippen molar-refractivity contribution in [3.63, 3.8) is 0 Å². The van der Waals surface area contributed by atoms with Crippen molar-refractivity contribution < 1.29 is 14.3 Å². The van der Waals surface area contributed by atoms with Gasteiger partial charge in [-0.25, -0.2) is 0 Å². The van der Waals surface area contributed by atoms with E-state index in [-0.39, 0.29) is 18.1 Å². The number of fused-ring (bicyclic) bond motifs is 1. The fourth-order valence-electron chi connectivity index (χ4n) is 3.09. The number of hydrogen-bond acceptors (Lipinski definition) is 4. The molecule has 2 amide bonds. The molecule has 2 N–H and O–H groups in total. The van der Waals surface area contributed by atoms with E-state index in [9.17, 15) is 14.9 Å². The van der Waals surface area contributed by atoms with Crippen LogP contribution in [-0.4, -0.2) is 18.4 Å². The Morgan fingerprint density at radius 2 is 1.96 bits per heavy atom. The second-order valence-corrected chi connectivity index (χ2v) is 6.37. The van der Waals surface area contributed by atoms with E-state index < -0.39 is 5.91 Å². The molecule has 1 heterocycles. The first-order valence-electron chi connectivity index (χ1n) is 9.16. The van der Waals surface area contributed by atoms with E-state index in [2.05, 4.69) is 10.6 Å². The summed E-state index contributed by atoms with van der Waals surface area (Å²) in [5, 5.41) is 15.1. The average molecular weight is 375 g/mol. The lowest BCUT2D eigenvalue weighted by molar-refractivity contribution is -0.118. The number of rotatable bonds is 5. The minimum atomic E-state index is -0.462. The Kier molecular flexibility index (Phi) is 5.75. The van der Waals surface area contributed by atoms with Gasteiger partial charge in [0.05, 0.1) is 5.69 Å². The normalized spacial score (nSPS) is 13.0. The smallest absolute Gasteiger partial charge is 0.266 e. The summed E-state index contributed by atoms with van der Waals surface area (Å²) in [6.45, 7) is 4.02. The number of hydrogen-bond donors (Lipinski definition) is 2. The van der Waals surface area contributed by atoms with Crippen molar-refractivity contribution in [2.45, 2.75) is 26.7 Å². The van der Waals surface area contributed by atoms with Gasteiger partial charge in [-0.3, -0.25) is 9.59 Å². The second-order valence-electron chi connectivity index (χ2n) is 6.37. The largest absolute Gasteiger partial charge is 0.482 e. The molecular weight excluding hydrogens is 354 g/mol. The monoisotopic (exact) mass is 375 g/mol. The van der Waals surface area contributed by atoms with Gasteiger partial charge < -0.3 is 15.4 Å². The number of carbonyl (C=O) groups excluding carboxylic acids is 2. The first kappa shape index (κ1) is 19.2. The van der Waals surface area contributed by atoms with Crippen molar-refractivity contribution in [1.82, 2.24) is 0 Å².